The molecule has 0 bridgehead atoms. The number of benzene rings is 1. The van der Waals surface area contributed by atoms with Gasteiger partial charge in [0.05, 0.1) is 19.1 Å². The number of methoxy groups -OCH3 is 1. The molecule has 0 aliphatic carbocycles. The fourth-order valence-electron chi connectivity index (χ4n) is 4.32. The smallest absolute Gasteiger partial charge is 0.226 e. The molecule has 0 spiro atoms. The topological polar surface area (TPSA) is 70.7 Å². The van der Waals surface area contributed by atoms with E-state index in [0.717, 1.165) is 43.7 Å². The molecule has 3 unspecified atom stereocenters. The number of likely N-dealkylation sites (tertiary alicyclic amines) is 1. The summed E-state index contributed by atoms with van der Waals surface area (Å²) in [5, 5.41) is 6.46. The molecular formula is C22H33N3O3. The summed E-state index contributed by atoms with van der Waals surface area (Å²) >= 11 is 0. The first-order valence-electron chi connectivity index (χ1n) is 10.6. The average Bonchev–Trinajstić information content (AvgIpc) is 3.34. The molecule has 2 amide bonds. The van der Waals surface area contributed by atoms with Gasteiger partial charge in [-0.05, 0) is 56.0 Å². The van der Waals surface area contributed by atoms with Gasteiger partial charge in [0.1, 0.15) is 5.75 Å². The van der Waals surface area contributed by atoms with Crippen molar-refractivity contribution in [2.45, 2.75) is 45.1 Å². The minimum absolute atomic E-state index is 0.000812. The van der Waals surface area contributed by atoms with Crippen molar-refractivity contribution in [1.82, 2.24) is 15.5 Å². The summed E-state index contributed by atoms with van der Waals surface area (Å²) in [4.78, 5) is 27.6. The Balaban J connectivity index is 1.70. The minimum atomic E-state index is -0.334. The number of rotatable bonds is 9. The summed E-state index contributed by atoms with van der Waals surface area (Å²) < 4.78 is 5.26. The van der Waals surface area contributed by atoms with Crippen molar-refractivity contribution in [3.05, 3.63) is 29.8 Å². The number of carbonyl (C=O) groups is 2. The van der Waals surface area contributed by atoms with E-state index in [0.29, 0.717) is 19.0 Å². The van der Waals surface area contributed by atoms with Gasteiger partial charge in [-0.3, -0.25) is 9.59 Å². The molecule has 1 aromatic carbocycles. The number of nitrogens with zero attached hydrogens (tertiary/aromatic N) is 1. The Kier molecular flexibility index (Phi) is 7.31. The summed E-state index contributed by atoms with van der Waals surface area (Å²) in [6.45, 7) is 5.60. The van der Waals surface area contributed by atoms with Gasteiger partial charge in [0.25, 0.3) is 0 Å². The second kappa shape index (κ2) is 9.92. The van der Waals surface area contributed by atoms with Crippen molar-refractivity contribution in [1.29, 1.82) is 0 Å². The van der Waals surface area contributed by atoms with Crippen molar-refractivity contribution >= 4 is 11.8 Å². The van der Waals surface area contributed by atoms with Crippen molar-refractivity contribution < 1.29 is 14.3 Å². The maximum Gasteiger partial charge on any atom is 0.226 e. The van der Waals surface area contributed by atoms with Crippen LogP contribution < -0.4 is 15.4 Å². The highest BCUT2D eigenvalue weighted by Gasteiger charge is 2.44. The Labute approximate surface area is 168 Å². The number of hydrogen-bond donors (Lipinski definition) is 2. The molecule has 2 saturated heterocycles. The third-order valence-electron chi connectivity index (χ3n) is 5.99. The second-order valence-electron chi connectivity index (χ2n) is 7.91. The van der Waals surface area contributed by atoms with E-state index in [2.05, 4.69) is 17.6 Å². The predicted molar refractivity (Wildman–Crippen MR) is 109 cm³/mol. The zero-order valence-corrected chi connectivity index (χ0v) is 17.1. The summed E-state index contributed by atoms with van der Waals surface area (Å²) in [5.74, 6) is 1.16. The number of nitrogens with one attached hydrogen (secondary N) is 2. The molecule has 154 valence electrons. The van der Waals surface area contributed by atoms with Crippen LogP contribution in [0.25, 0.3) is 0 Å². The van der Waals surface area contributed by atoms with Gasteiger partial charge in [0.2, 0.25) is 11.8 Å². The van der Waals surface area contributed by atoms with Crippen LogP contribution in [-0.2, 0) is 9.59 Å². The van der Waals surface area contributed by atoms with Crippen LogP contribution in [0.1, 0.15) is 50.6 Å². The number of unbranched alkanes of at least 4 members (excludes halogenated alkanes) is 1. The molecule has 6 heteroatoms. The normalized spacial score (nSPS) is 24.6. The third-order valence-corrected chi connectivity index (χ3v) is 5.99. The van der Waals surface area contributed by atoms with E-state index in [9.17, 15) is 9.59 Å². The van der Waals surface area contributed by atoms with Gasteiger partial charge in [-0.2, -0.15) is 0 Å². The molecular weight excluding hydrogens is 354 g/mol. The zero-order valence-electron chi connectivity index (χ0n) is 17.1. The Morgan fingerprint density at radius 3 is 2.75 bits per heavy atom. The van der Waals surface area contributed by atoms with Crippen LogP contribution >= 0.6 is 0 Å². The van der Waals surface area contributed by atoms with Gasteiger partial charge in [-0.1, -0.05) is 25.5 Å². The van der Waals surface area contributed by atoms with Crippen LogP contribution in [0.4, 0.5) is 0 Å². The highest BCUT2D eigenvalue weighted by Crippen LogP contribution is 2.39. The minimum Gasteiger partial charge on any atom is -0.497 e. The van der Waals surface area contributed by atoms with Crippen LogP contribution in [-0.4, -0.2) is 50.0 Å². The van der Waals surface area contributed by atoms with Crippen LogP contribution in [0.5, 0.6) is 5.75 Å². The standard InChI is InChI=1S/C22H33N3O3/c1-3-4-13-25-20(26)14-19(21(25)17-5-7-18(28-2)8-6-17)22(27)24-12-10-16-9-11-23-15-16/h5-8,16,19,21,23H,3-4,9-15H2,1-2H3,(H,24,27). The highest BCUT2D eigenvalue weighted by atomic mass is 16.5. The molecule has 2 fully saturated rings. The number of hydrogen-bond acceptors (Lipinski definition) is 4. The van der Waals surface area contributed by atoms with Crippen LogP contribution in [0.2, 0.25) is 0 Å². The lowest BCUT2D eigenvalue weighted by atomic mass is 9.92. The van der Waals surface area contributed by atoms with Crippen molar-refractivity contribution in [3.63, 3.8) is 0 Å². The summed E-state index contributed by atoms with van der Waals surface area (Å²) in [6, 6.07) is 7.56. The molecule has 3 atom stereocenters. The monoisotopic (exact) mass is 387 g/mol. The first-order valence-corrected chi connectivity index (χ1v) is 10.6. The fraction of sp³-hybridized carbons (Fsp3) is 0.636. The molecule has 0 saturated carbocycles. The van der Waals surface area contributed by atoms with Gasteiger partial charge in [0, 0.05) is 19.5 Å². The number of amides is 2. The molecule has 2 aliphatic heterocycles. The predicted octanol–water partition coefficient (Wildman–Crippen LogP) is 2.50. The first-order chi connectivity index (χ1) is 13.6. The second-order valence-corrected chi connectivity index (χ2v) is 7.91. The Hall–Kier alpha value is -2.08. The lowest BCUT2D eigenvalue weighted by Gasteiger charge is -2.28. The van der Waals surface area contributed by atoms with E-state index in [-0.39, 0.29) is 30.2 Å². The maximum atomic E-state index is 13.0. The van der Waals surface area contributed by atoms with Gasteiger partial charge >= 0.3 is 0 Å². The quantitative estimate of drug-likeness (QED) is 0.683. The first kappa shape index (κ1) is 20.6. The average molecular weight is 388 g/mol. The third kappa shape index (κ3) is 4.85. The van der Waals surface area contributed by atoms with E-state index < -0.39 is 0 Å². The van der Waals surface area contributed by atoms with E-state index >= 15 is 0 Å². The van der Waals surface area contributed by atoms with Crippen LogP contribution in [0.3, 0.4) is 0 Å². The largest absolute Gasteiger partial charge is 0.497 e. The van der Waals surface area contributed by atoms with E-state index in [1.165, 1.54) is 6.42 Å². The molecule has 28 heavy (non-hydrogen) atoms. The molecule has 3 rings (SSSR count). The Morgan fingerprint density at radius 1 is 1.32 bits per heavy atom. The summed E-state index contributed by atoms with van der Waals surface area (Å²) in [5.41, 5.74) is 1.00. The van der Waals surface area contributed by atoms with Gasteiger partial charge in [-0.15, -0.1) is 0 Å². The molecule has 2 heterocycles. The highest BCUT2D eigenvalue weighted by molar-refractivity contribution is 5.90. The lowest BCUT2D eigenvalue weighted by Crippen LogP contribution is -2.36. The molecule has 6 nitrogen and oxygen atoms in total. The zero-order chi connectivity index (χ0) is 19.9. The van der Waals surface area contributed by atoms with Crippen molar-refractivity contribution in [2.75, 3.05) is 33.3 Å². The fourth-order valence-corrected chi connectivity index (χ4v) is 4.32. The van der Waals surface area contributed by atoms with Crippen LogP contribution in [0.15, 0.2) is 24.3 Å². The lowest BCUT2D eigenvalue weighted by molar-refractivity contribution is -0.129. The van der Waals surface area contributed by atoms with E-state index in [4.69, 9.17) is 4.74 Å². The Bertz CT molecular complexity index is 655. The SMILES string of the molecule is CCCCN1C(=O)CC(C(=O)NCCC2CCNC2)C1c1ccc(OC)cc1. The molecule has 0 radical (unpaired) electrons. The molecule has 1 aromatic rings. The van der Waals surface area contributed by atoms with Gasteiger partial charge in [0.15, 0.2) is 0 Å². The number of ether oxygens (including phenoxy) is 1. The van der Waals surface area contributed by atoms with Crippen molar-refractivity contribution in [2.24, 2.45) is 11.8 Å². The summed E-state index contributed by atoms with van der Waals surface area (Å²) in [7, 11) is 1.64. The van der Waals surface area contributed by atoms with Gasteiger partial charge in [-0.25, -0.2) is 0 Å². The number of carbonyl (C=O) groups excluding carboxylic acids is 2. The van der Waals surface area contributed by atoms with E-state index in [1.807, 2.05) is 29.2 Å². The molecule has 2 N–H and O–H groups in total. The maximum absolute atomic E-state index is 13.0. The van der Waals surface area contributed by atoms with Gasteiger partial charge < -0.3 is 20.3 Å². The molecule has 0 aromatic heterocycles. The van der Waals surface area contributed by atoms with E-state index in [1.54, 1.807) is 7.11 Å². The molecule has 2 aliphatic rings. The summed E-state index contributed by atoms with van der Waals surface area (Å²) in [6.07, 6.45) is 4.42. The van der Waals surface area contributed by atoms with Crippen LogP contribution in [0, 0.1) is 11.8 Å². The Morgan fingerprint density at radius 2 is 2.11 bits per heavy atom. The van der Waals surface area contributed by atoms with Crippen molar-refractivity contribution in [3.8, 4) is 5.75 Å².